The van der Waals surface area contributed by atoms with Gasteiger partial charge in [-0.1, -0.05) is 41.7 Å². The Morgan fingerprint density at radius 2 is 1.81 bits per heavy atom. The first-order chi connectivity index (χ1) is 7.52. The van der Waals surface area contributed by atoms with Crippen molar-refractivity contribution in [2.75, 3.05) is 6.54 Å². The van der Waals surface area contributed by atoms with Crippen LogP contribution in [0, 0.1) is 5.41 Å². The van der Waals surface area contributed by atoms with E-state index >= 15 is 0 Å². The summed E-state index contributed by atoms with van der Waals surface area (Å²) < 4.78 is 0. The zero-order valence-corrected chi connectivity index (χ0v) is 11.4. The second-order valence-corrected chi connectivity index (χ2v) is 5.93. The average molecular weight is 279 g/mol. The zero-order chi connectivity index (χ0) is 11.8. The van der Waals surface area contributed by atoms with Gasteiger partial charge in [0.1, 0.15) is 0 Å². The first kappa shape index (κ1) is 12.5. The summed E-state index contributed by atoms with van der Waals surface area (Å²) in [5.41, 5.74) is 1.37. The Morgan fingerprint density at radius 1 is 1.19 bits per heavy atom. The highest BCUT2D eigenvalue weighted by Gasteiger charge is 2.36. The topological polar surface area (TPSA) is 12.0 Å². The molecule has 0 saturated heterocycles. The van der Waals surface area contributed by atoms with Gasteiger partial charge in [0.2, 0.25) is 0 Å². The smallest absolute Gasteiger partial charge is 0.0652 e. The Balaban J connectivity index is 2.00. The van der Waals surface area contributed by atoms with E-state index in [1.165, 1.54) is 12.8 Å². The van der Waals surface area contributed by atoms with Gasteiger partial charge in [-0.15, -0.1) is 0 Å². The summed E-state index contributed by atoms with van der Waals surface area (Å²) in [4.78, 5) is 0. The van der Waals surface area contributed by atoms with E-state index < -0.39 is 0 Å². The Hall–Kier alpha value is 0.0500. The molecule has 88 valence electrons. The molecule has 1 aliphatic rings. The Kier molecular flexibility index (Phi) is 3.70. The van der Waals surface area contributed by atoms with Crippen LogP contribution >= 0.6 is 34.8 Å². The second kappa shape index (κ2) is 4.73. The fraction of sp³-hybridized carbons (Fsp3) is 0.500. The van der Waals surface area contributed by atoms with Crippen LogP contribution in [0.2, 0.25) is 15.1 Å². The number of hydrogen-bond acceptors (Lipinski definition) is 1. The van der Waals surface area contributed by atoms with Crippen LogP contribution in [0.15, 0.2) is 12.1 Å². The summed E-state index contributed by atoms with van der Waals surface area (Å²) in [6, 6.07) is 3.50. The molecule has 0 bridgehead atoms. The SMILES string of the molecule is CC1(CNCc2c(Cl)ccc(Cl)c2Cl)CC1. The largest absolute Gasteiger partial charge is 0.312 e. The first-order valence-corrected chi connectivity index (χ1v) is 6.48. The first-order valence-electron chi connectivity index (χ1n) is 5.35. The van der Waals surface area contributed by atoms with Gasteiger partial charge < -0.3 is 5.32 Å². The summed E-state index contributed by atoms with van der Waals surface area (Å²) >= 11 is 18.1. The molecule has 0 aromatic heterocycles. The maximum Gasteiger partial charge on any atom is 0.0652 e. The molecule has 0 amide bonds. The Morgan fingerprint density at radius 3 is 2.44 bits per heavy atom. The minimum Gasteiger partial charge on any atom is -0.312 e. The van der Waals surface area contributed by atoms with Crippen molar-refractivity contribution in [2.24, 2.45) is 5.41 Å². The molecule has 0 radical (unpaired) electrons. The van der Waals surface area contributed by atoms with Crippen molar-refractivity contribution in [3.63, 3.8) is 0 Å². The highest BCUT2D eigenvalue weighted by Crippen LogP contribution is 2.44. The summed E-state index contributed by atoms with van der Waals surface area (Å²) in [7, 11) is 0. The molecule has 16 heavy (non-hydrogen) atoms. The summed E-state index contributed by atoms with van der Waals surface area (Å²) in [6.07, 6.45) is 2.61. The molecule has 0 spiro atoms. The van der Waals surface area contributed by atoms with Gasteiger partial charge in [0.05, 0.1) is 10.0 Å². The standard InChI is InChI=1S/C12H14Cl3N/c1-12(4-5-12)7-16-6-8-9(13)2-3-10(14)11(8)15/h2-3,16H,4-7H2,1H3. The average Bonchev–Trinajstić information content (AvgIpc) is 2.96. The highest BCUT2D eigenvalue weighted by molar-refractivity contribution is 6.44. The molecule has 1 aromatic carbocycles. The third-order valence-corrected chi connectivity index (χ3v) is 4.29. The van der Waals surface area contributed by atoms with Crippen molar-refractivity contribution >= 4 is 34.8 Å². The lowest BCUT2D eigenvalue weighted by atomic mass is 10.1. The lowest BCUT2D eigenvalue weighted by molar-refractivity contribution is 0.499. The Labute approximate surface area is 111 Å². The highest BCUT2D eigenvalue weighted by atomic mass is 35.5. The number of hydrogen-bond donors (Lipinski definition) is 1. The van der Waals surface area contributed by atoms with Crippen molar-refractivity contribution in [3.8, 4) is 0 Å². The third-order valence-electron chi connectivity index (χ3n) is 3.10. The van der Waals surface area contributed by atoms with Gasteiger partial charge in [-0.05, 0) is 30.4 Å². The number of rotatable bonds is 4. The molecule has 0 unspecified atom stereocenters. The minimum absolute atomic E-state index is 0.484. The molecule has 2 rings (SSSR count). The van der Waals surface area contributed by atoms with Gasteiger partial charge >= 0.3 is 0 Å². The number of nitrogens with one attached hydrogen (secondary N) is 1. The number of halogens is 3. The van der Waals surface area contributed by atoms with Gasteiger partial charge in [0.15, 0.2) is 0 Å². The van der Waals surface area contributed by atoms with Gasteiger partial charge in [0.25, 0.3) is 0 Å². The van der Waals surface area contributed by atoms with E-state index in [9.17, 15) is 0 Å². The van der Waals surface area contributed by atoms with Crippen LogP contribution in [0.4, 0.5) is 0 Å². The van der Waals surface area contributed by atoms with Crippen molar-refractivity contribution in [2.45, 2.75) is 26.3 Å². The molecule has 0 atom stereocenters. The van der Waals surface area contributed by atoms with Crippen molar-refractivity contribution < 1.29 is 0 Å². The molecule has 4 heteroatoms. The molecule has 1 fully saturated rings. The lowest BCUT2D eigenvalue weighted by Gasteiger charge is -2.12. The predicted octanol–water partition coefficient (Wildman–Crippen LogP) is 4.54. The van der Waals surface area contributed by atoms with E-state index in [0.717, 1.165) is 12.1 Å². The normalized spacial score (nSPS) is 17.5. The van der Waals surface area contributed by atoms with Gasteiger partial charge in [0, 0.05) is 23.7 Å². The Bertz CT molecular complexity index is 399. The van der Waals surface area contributed by atoms with E-state index in [2.05, 4.69) is 12.2 Å². The van der Waals surface area contributed by atoms with Gasteiger partial charge in [-0.3, -0.25) is 0 Å². The van der Waals surface area contributed by atoms with Crippen LogP contribution in [0.5, 0.6) is 0 Å². The van der Waals surface area contributed by atoms with E-state index in [1.807, 2.05) is 0 Å². The van der Waals surface area contributed by atoms with Crippen LogP contribution in [-0.4, -0.2) is 6.54 Å². The maximum atomic E-state index is 6.11. The summed E-state index contributed by atoms with van der Waals surface area (Å²) in [5.74, 6) is 0. The second-order valence-electron chi connectivity index (χ2n) is 4.74. The molecule has 1 saturated carbocycles. The van der Waals surface area contributed by atoms with Crippen LogP contribution in [0.25, 0.3) is 0 Å². The zero-order valence-electron chi connectivity index (χ0n) is 9.12. The molecule has 0 aliphatic heterocycles. The molecule has 1 nitrogen and oxygen atoms in total. The van der Waals surface area contributed by atoms with Crippen LogP contribution in [0.3, 0.4) is 0 Å². The molecule has 1 aliphatic carbocycles. The van der Waals surface area contributed by atoms with E-state index in [4.69, 9.17) is 34.8 Å². The van der Waals surface area contributed by atoms with Crippen LogP contribution in [0.1, 0.15) is 25.3 Å². The predicted molar refractivity (Wildman–Crippen MR) is 70.5 cm³/mol. The monoisotopic (exact) mass is 277 g/mol. The van der Waals surface area contributed by atoms with Gasteiger partial charge in [-0.2, -0.15) is 0 Å². The van der Waals surface area contributed by atoms with Crippen LogP contribution in [-0.2, 0) is 6.54 Å². The molecular weight excluding hydrogens is 264 g/mol. The fourth-order valence-electron chi connectivity index (χ4n) is 1.61. The lowest BCUT2D eigenvalue weighted by Crippen LogP contribution is -2.21. The van der Waals surface area contributed by atoms with E-state index in [1.54, 1.807) is 12.1 Å². The number of benzene rings is 1. The van der Waals surface area contributed by atoms with E-state index in [-0.39, 0.29) is 0 Å². The summed E-state index contributed by atoms with van der Waals surface area (Å²) in [6.45, 7) is 3.96. The molecule has 1 aromatic rings. The molecular formula is C12H14Cl3N. The quantitative estimate of drug-likeness (QED) is 0.798. The van der Waals surface area contributed by atoms with E-state index in [0.29, 0.717) is 27.0 Å². The van der Waals surface area contributed by atoms with Crippen molar-refractivity contribution in [1.82, 2.24) is 5.32 Å². The maximum absolute atomic E-state index is 6.11. The molecule has 0 heterocycles. The van der Waals surface area contributed by atoms with Crippen LogP contribution < -0.4 is 5.32 Å². The summed E-state index contributed by atoms with van der Waals surface area (Å²) in [5, 5.41) is 5.17. The van der Waals surface area contributed by atoms with Crippen molar-refractivity contribution in [3.05, 3.63) is 32.8 Å². The molecule has 1 N–H and O–H groups in total. The minimum atomic E-state index is 0.484. The van der Waals surface area contributed by atoms with Gasteiger partial charge in [-0.25, -0.2) is 0 Å². The third kappa shape index (κ3) is 2.84. The van der Waals surface area contributed by atoms with Crippen molar-refractivity contribution in [1.29, 1.82) is 0 Å². The fourth-order valence-corrected chi connectivity index (χ4v) is 2.29.